The van der Waals surface area contributed by atoms with Gasteiger partial charge >= 0.3 is 0 Å². The highest BCUT2D eigenvalue weighted by molar-refractivity contribution is 6.42. The van der Waals surface area contributed by atoms with Crippen molar-refractivity contribution in [3.63, 3.8) is 0 Å². The van der Waals surface area contributed by atoms with Crippen molar-refractivity contribution in [1.82, 2.24) is 0 Å². The van der Waals surface area contributed by atoms with Crippen LogP contribution in [0.25, 0.3) is 0 Å². The summed E-state index contributed by atoms with van der Waals surface area (Å²) in [5, 5.41) is 9.63. The Balaban J connectivity index is 2.45. The average molecular weight is 243 g/mol. The molecule has 0 saturated carbocycles. The second kappa shape index (κ2) is 5.97. The molecule has 0 bridgehead atoms. The quantitative estimate of drug-likeness (QED) is 0.882. The molecule has 1 rings (SSSR count). The van der Waals surface area contributed by atoms with Gasteiger partial charge in [0, 0.05) is 0 Å². The lowest BCUT2D eigenvalue weighted by molar-refractivity contribution is 0.674. The van der Waals surface area contributed by atoms with Crippen LogP contribution >= 0.6 is 23.2 Å². The third kappa shape index (κ3) is 4.09. The molecule has 0 aliphatic heterocycles. The molecular formula is C11H12Cl2N2. The predicted octanol–water partition coefficient (Wildman–Crippen LogP) is 3.17. The van der Waals surface area contributed by atoms with E-state index in [0.29, 0.717) is 16.5 Å². The Hall–Kier alpha value is -0.750. The van der Waals surface area contributed by atoms with E-state index >= 15 is 0 Å². The van der Waals surface area contributed by atoms with Crippen LogP contribution in [0.3, 0.4) is 0 Å². The number of nitrogens with two attached hydrogens (primary N) is 1. The monoisotopic (exact) mass is 242 g/mol. The van der Waals surface area contributed by atoms with Crippen LogP contribution in [0.15, 0.2) is 18.2 Å². The van der Waals surface area contributed by atoms with Crippen LogP contribution in [0, 0.1) is 11.3 Å². The first-order valence-electron chi connectivity index (χ1n) is 4.72. The van der Waals surface area contributed by atoms with Gasteiger partial charge < -0.3 is 5.73 Å². The van der Waals surface area contributed by atoms with Crippen molar-refractivity contribution < 1.29 is 0 Å². The Morgan fingerprint density at radius 1 is 1.33 bits per heavy atom. The number of hydrogen-bond acceptors (Lipinski definition) is 2. The summed E-state index contributed by atoms with van der Waals surface area (Å²) in [6.45, 7) is 0. The maximum atomic E-state index is 8.50. The summed E-state index contributed by atoms with van der Waals surface area (Å²) in [5.41, 5.74) is 6.60. The highest BCUT2D eigenvalue weighted by atomic mass is 35.5. The summed E-state index contributed by atoms with van der Waals surface area (Å²) < 4.78 is 0. The highest BCUT2D eigenvalue weighted by Crippen LogP contribution is 2.23. The lowest BCUT2D eigenvalue weighted by atomic mass is 10.1. The lowest BCUT2D eigenvalue weighted by Gasteiger charge is -2.04. The molecule has 1 aromatic carbocycles. The van der Waals surface area contributed by atoms with Crippen LogP contribution in [0.5, 0.6) is 0 Å². The fourth-order valence-corrected chi connectivity index (χ4v) is 1.61. The molecule has 0 spiro atoms. The Kier molecular flexibility index (Phi) is 4.90. The number of nitriles is 1. The Morgan fingerprint density at radius 3 is 2.67 bits per heavy atom. The largest absolute Gasteiger partial charge is 0.316 e. The van der Waals surface area contributed by atoms with Crippen molar-refractivity contribution in [2.75, 3.05) is 0 Å². The van der Waals surface area contributed by atoms with Crippen LogP contribution in [0.1, 0.15) is 18.4 Å². The van der Waals surface area contributed by atoms with E-state index in [0.717, 1.165) is 18.4 Å². The summed E-state index contributed by atoms with van der Waals surface area (Å²) in [5.74, 6) is 0. The minimum atomic E-state index is -0.368. The van der Waals surface area contributed by atoms with E-state index in [1.165, 1.54) is 0 Å². The smallest absolute Gasteiger partial charge is 0.0928 e. The van der Waals surface area contributed by atoms with Crippen molar-refractivity contribution in [3.05, 3.63) is 33.8 Å². The second-order valence-corrected chi connectivity index (χ2v) is 4.19. The molecular weight excluding hydrogens is 231 g/mol. The van der Waals surface area contributed by atoms with Crippen LogP contribution in [-0.2, 0) is 6.42 Å². The zero-order chi connectivity index (χ0) is 11.3. The van der Waals surface area contributed by atoms with Crippen molar-refractivity contribution in [2.24, 2.45) is 5.73 Å². The normalized spacial score (nSPS) is 12.1. The van der Waals surface area contributed by atoms with Gasteiger partial charge in [-0.2, -0.15) is 5.26 Å². The molecule has 1 atom stereocenters. The first kappa shape index (κ1) is 12.3. The van der Waals surface area contributed by atoms with E-state index in [1.807, 2.05) is 18.2 Å². The lowest BCUT2D eigenvalue weighted by Crippen LogP contribution is -2.16. The van der Waals surface area contributed by atoms with Gasteiger partial charge in [-0.3, -0.25) is 0 Å². The number of benzene rings is 1. The molecule has 0 aliphatic carbocycles. The van der Waals surface area contributed by atoms with Gasteiger partial charge in [-0.25, -0.2) is 0 Å². The molecule has 2 nitrogen and oxygen atoms in total. The van der Waals surface area contributed by atoms with Gasteiger partial charge in [-0.15, -0.1) is 0 Å². The van der Waals surface area contributed by atoms with Gasteiger partial charge in [0.2, 0.25) is 0 Å². The molecule has 15 heavy (non-hydrogen) atoms. The number of aryl methyl sites for hydroxylation is 1. The van der Waals surface area contributed by atoms with E-state index in [2.05, 4.69) is 0 Å². The molecule has 0 aliphatic rings. The van der Waals surface area contributed by atoms with Gasteiger partial charge in [0.15, 0.2) is 0 Å². The van der Waals surface area contributed by atoms with E-state index in [4.69, 9.17) is 34.2 Å². The Labute approximate surface area is 99.6 Å². The van der Waals surface area contributed by atoms with Gasteiger partial charge in [-0.1, -0.05) is 29.3 Å². The van der Waals surface area contributed by atoms with Gasteiger partial charge in [0.05, 0.1) is 22.2 Å². The number of rotatable bonds is 4. The standard InChI is InChI=1S/C11H12Cl2N2/c12-10-5-4-8(6-11(10)13)2-1-3-9(15)7-14/h4-6,9H,1-3,15H2. The molecule has 80 valence electrons. The van der Waals surface area contributed by atoms with Crippen molar-refractivity contribution in [1.29, 1.82) is 5.26 Å². The van der Waals surface area contributed by atoms with Crippen molar-refractivity contribution in [2.45, 2.75) is 25.3 Å². The molecule has 0 radical (unpaired) electrons. The van der Waals surface area contributed by atoms with Crippen LogP contribution < -0.4 is 5.73 Å². The highest BCUT2D eigenvalue weighted by Gasteiger charge is 2.02. The van der Waals surface area contributed by atoms with Gasteiger partial charge in [0.1, 0.15) is 0 Å². The number of hydrogen-bond donors (Lipinski definition) is 1. The molecule has 0 aromatic heterocycles. The topological polar surface area (TPSA) is 49.8 Å². The molecule has 4 heteroatoms. The van der Waals surface area contributed by atoms with E-state index in [-0.39, 0.29) is 6.04 Å². The third-order valence-corrected chi connectivity index (χ3v) is 2.87. The fourth-order valence-electron chi connectivity index (χ4n) is 1.29. The zero-order valence-electron chi connectivity index (χ0n) is 8.21. The molecule has 0 heterocycles. The summed E-state index contributed by atoms with van der Waals surface area (Å²) >= 11 is 11.7. The zero-order valence-corrected chi connectivity index (χ0v) is 9.72. The fraction of sp³-hybridized carbons (Fsp3) is 0.364. The summed E-state index contributed by atoms with van der Waals surface area (Å²) in [6, 6.07) is 7.20. The molecule has 1 unspecified atom stereocenters. The van der Waals surface area contributed by atoms with Crippen LogP contribution in [-0.4, -0.2) is 6.04 Å². The predicted molar refractivity (Wildman–Crippen MR) is 63.0 cm³/mol. The van der Waals surface area contributed by atoms with E-state index < -0.39 is 0 Å². The minimum absolute atomic E-state index is 0.368. The minimum Gasteiger partial charge on any atom is -0.316 e. The Morgan fingerprint density at radius 2 is 2.07 bits per heavy atom. The van der Waals surface area contributed by atoms with Crippen LogP contribution in [0.4, 0.5) is 0 Å². The van der Waals surface area contributed by atoms with E-state index in [1.54, 1.807) is 6.07 Å². The van der Waals surface area contributed by atoms with Crippen molar-refractivity contribution >= 4 is 23.2 Å². The first-order valence-corrected chi connectivity index (χ1v) is 5.48. The third-order valence-electron chi connectivity index (χ3n) is 2.13. The second-order valence-electron chi connectivity index (χ2n) is 3.38. The van der Waals surface area contributed by atoms with Crippen molar-refractivity contribution in [3.8, 4) is 6.07 Å². The number of nitrogens with zero attached hydrogens (tertiary/aromatic N) is 1. The molecule has 1 aromatic rings. The maximum Gasteiger partial charge on any atom is 0.0928 e. The summed E-state index contributed by atoms with van der Waals surface area (Å²) in [6.07, 6.45) is 2.45. The van der Waals surface area contributed by atoms with Gasteiger partial charge in [-0.05, 0) is 37.0 Å². The Bertz CT molecular complexity index is 371. The van der Waals surface area contributed by atoms with E-state index in [9.17, 15) is 0 Å². The number of halogens is 2. The van der Waals surface area contributed by atoms with Gasteiger partial charge in [0.25, 0.3) is 0 Å². The summed E-state index contributed by atoms with van der Waals surface area (Å²) in [4.78, 5) is 0. The maximum absolute atomic E-state index is 8.50. The molecule has 2 N–H and O–H groups in total. The molecule has 0 fully saturated rings. The molecule has 0 amide bonds. The first-order chi connectivity index (χ1) is 7.13. The summed E-state index contributed by atoms with van der Waals surface area (Å²) in [7, 11) is 0. The molecule has 0 saturated heterocycles. The SMILES string of the molecule is N#CC(N)CCCc1ccc(Cl)c(Cl)c1. The van der Waals surface area contributed by atoms with Crippen LogP contribution in [0.2, 0.25) is 10.0 Å². The average Bonchev–Trinajstić information content (AvgIpc) is 2.23.